The van der Waals surface area contributed by atoms with E-state index in [-0.39, 0.29) is 5.69 Å². The van der Waals surface area contributed by atoms with E-state index < -0.39 is 11.4 Å². The summed E-state index contributed by atoms with van der Waals surface area (Å²) >= 11 is 0. The third kappa shape index (κ3) is 5.87. The molecule has 130 valence electrons. The smallest absolute Gasteiger partial charge is 0.315 e. The molecule has 2 aromatic rings. The van der Waals surface area contributed by atoms with Gasteiger partial charge in [-0.15, -0.1) is 0 Å². The fourth-order valence-corrected chi connectivity index (χ4v) is 2.04. The van der Waals surface area contributed by atoms with Crippen LogP contribution in [0.1, 0.15) is 11.1 Å². The van der Waals surface area contributed by atoms with Gasteiger partial charge in [0, 0.05) is 26.4 Å². The summed E-state index contributed by atoms with van der Waals surface area (Å²) in [5.41, 5.74) is 1.92. The summed E-state index contributed by atoms with van der Waals surface area (Å²) in [4.78, 5) is 10.2. The van der Waals surface area contributed by atoms with Crippen molar-refractivity contribution in [3.05, 3.63) is 81.9 Å². The number of nitro benzene ring substituents is 1. The zero-order chi connectivity index (χ0) is 18.1. The highest BCUT2D eigenvalue weighted by Crippen LogP contribution is 2.17. The van der Waals surface area contributed by atoms with Crippen molar-refractivity contribution in [2.45, 2.75) is 6.48 Å². The lowest BCUT2D eigenvalue weighted by atomic mass is 10.1. The van der Waals surface area contributed by atoms with Crippen molar-refractivity contribution in [1.82, 2.24) is 0 Å². The average Bonchev–Trinajstić information content (AvgIpc) is 2.64. The van der Waals surface area contributed by atoms with E-state index in [0.717, 1.165) is 11.1 Å². The lowest BCUT2D eigenvalue weighted by Gasteiger charge is -2.15. The van der Waals surface area contributed by atoms with E-state index in [2.05, 4.69) is 0 Å². The first kappa shape index (κ1) is 18.4. The van der Waals surface area contributed by atoms with Crippen LogP contribution in [0, 0.1) is 10.1 Å². The SMILES string of the molecule is COC(OC)Oc1cccc(C=CC=Cc2ccc([N+](=O)[O-])cc2)c1. The van der Waals surface area contributed by atoms with Gasteiger partial charge in [0.05, 0.1) is 4.92 Å². The zero-order valence-electron chi connectivity index (χ0n) is 14.0. The highest BCUT2D eigenvalue weighted by Gasteiger charge is 2.06. The Labute approximate surface area is 146 Å². The number of allylic oxidation sites excluding steroid dienone is 2. The highest BCUT2D eigenvalue weighted by atomic mass is 16.8. The van der Waals surface area contributed by atoms with Crippen LogP contribution in [0.25, 0.3) is 12.2 Å². The van der Waals surface area contributed by atoms with Gasteiger partial charge in [0.25, 0.3) is 5.69 Å². The molecule has 0 aromatic heterocycles. The van der Waals surface area contributed by atoms with E-state index in [4.69, 9.17) is 14.2 Å². The van der Waals surface area contributed by atoms with Gasteiger partial charge in [-0.25, -0.2) is 0 Å². The molecule has 0 heterocycles. The molecule has 0 bridgehead atoms. The van der Waals surface area contributed by atoms with Crippen molar-refractivity contribution < 1.29 is 19.1 Å². The number of nitro groups is 1. The monoisotopic (exact) mass is 341 g/mol. The molecule has 0 amide bonds. The van der Waals surface area contributed by atoms with E-state index >= 15 is 0 Å². The van der Waals surface area contributed by atoms with E-state index in [1.165, 1.54) is 26.4 Å². The van der Waals surface area contributed by atoms with Crippen LogP contribution in [0.2, 0.25) is 0 Å². The summed E-state index contributed by atoms with van der Waals surface area (Å²) in [6.45, 7) is -0.749. The minimum atomic E-state index is -0.749. The van der Waals surface area contributed by atoms with Crippen LogP contribution < -0.4 is 4.74 Å². The predicted octanol–water partition coefficient (Wildman–Crippen LogP) is 4.28. The van der Waals surface area contributed by atoms with E-state index in [1.807, 2.05) is 48.6 Å². The lowest BCUT2D eigenvalue weighted by molar-refractivity contribution is -0.384. The number of methoxy groups -OCH3 is 2. The number of hydrogen-bond acceptors (Lipinski definition) is 5. The molecule has 0 spiro atoms. The maximum Gasteiger partial charge on any atom is 0.315 e. The molecule has 0 aliphatic rings. The van der Waals surface area contributed by atoms with Crippen LogP contribution >= 0.6 is 0 Å². The van der Waals surface area contributed by atoms with Crippen LogP contribution in [0.15, 0.2) is 60.7 Å². The molecule has 2 rings (SSSR count). The Balaban J connectivity index is 1.98. The molecule has 0 radical (unpaired) electrons. The summed E-state index contributed by atoms with van der Waals surface area (Å²) in [6.07, 6.45) is 7.53. The van der Waals surface area contributed by atoms with Gasteiger partial charge in [0.1, 0.15) is 5.75 Å². The molecule has 0 aliphatic carbocycles. The third-order valence-electron chi connectivity index (χ3n) is 3.27. The molecule has 0 fully saturated rings. The zero-order valence-corrected chi connectivity index (χ0v) is 14.0. The molecule has 0 saturated carbocycles. The third-order valence-corrected chi connectivity index (χ3v) is 3.27. The fraction of sp³-hybridized carbons (Fsp3) is 0.158. The fourth-order valence-electron chi connectivity index (χ4n) is 2.04. The molecule has 0 aliphatic heterocycles. The van der Waals surface area contributed by atoms with Gasteiger partial charge in [-0.2, -0.15) is 0 Å². The van der Waals surface area contributed by atoms with E-state index in [1.54, 1.807) is 12.1 Å². The van der Waals surface area contributed by atoms with Crippen LogP contribution in [0.4, 0.5) is 5.69 Å². The molecule has 0 N–H and O–H groups in total. The van der Waals surface area contributed by atoms with Crippen molar-refractivity contribution in [2.75, 3.05) is 14.2 Å². The van der Waals surface area contributed by atoms with Crippen LogP contribution in [0.5, 0.6) is 5.75 Å². The molecule has 6 heteroatoms. The summed E-state index contributed by atoms with van der Waals surface area (Å²) in [6, 6.07) is 13.9. The van der Waals surface area contributed by atoms with Crippen molar-refractivity contribution in [3.8, 4) is 5.75 Å². The molecular formula is C19H19NO5. The maximum absolute atomic E-state index is 10.6. The summed E-state index contributed by atoms with van der Waals surface area (Å²) < 4.78 is 15.5. The van der Waals surface area contributed by atoms with Gasteiger partial charge >= 0.3 is 6.48 Å². The topological polar surface area (TPSA) is 70.8 Å². The first-order valence-corrected chi connectivity index (χ1v) is 7.54. The van der Waals surface area contributed by atoms with Gasteiger partial charge in [-0.1, -0.05) is 36.4 Å². The van der Waals surface area contributed by atoms with E-state index in [0.29, 0.717) is 5.75 Å². The number of non-ortho nitro benzene ring substituents is 1. The van der Waals surface area contributed by atoms with Gasteiger partial charge in [0.15, 0.2) is 0 Å². The van der Waals surface area contributed by atoms with Crippen molar-refractivity contribution in [3.63, 3.8) is 0 Å². The Kier molecular flexibility index (Phi) is 6.88. The lowest BCUT2D eigenvalue weighted by Crippen LogP contribution is -2.20. The molecule has 0 unspecified atom stereocenters. The number of benzene rings is 2. The number of ether oxygens (including phenoxy) is 3. The average molecular weight is 341 g/mol. The summed E-state index contributed by atoms with van der Waals surface area (Å²) in [7, 11) is 3.00. The Morgan fingerprint density at radius 2 is 1.60 bits per heavy atom. The minimum absolute atomic E-state index is 0.0786. The maximum atomic E-state index is 10.6. The number of nitrogens with zero attached hydrogens (tertiary/aromatic N) is 1. The summed E-state index contributed by atoms with van der Waals surface area (Å²) in [5, 5.41) is 10.6. The van der Waals surface area contributed by atoms with Crippen LogP contribution in [-0.4, -0.2) is 25.6 Å². The number of rotatable bonds is 8. The Hall–Kier alpha value is -2.96. The van der Waals surface area contributed by atoms with Gasteiger partial charge in [-0.05, 0) is 35.4 Å². The standard InChI is InChI=1S/C19H19NO5/c1-23-19(24-2)25-18-9-5-8-16(14-18)7-4-3-6-15-10-12-17(13-11-15)20(21)22/h3-14,19H,1-2H3. The normalized spacial score (nSPS) is 11.5. The van der Waals surface area contributed by atoms with Crippen molar-refractivity contribution in [2.24, 2.45) is 0 Å². The highest BCUT2D eigenvalue weighted by molar-refractivity contribution is 5.58. The minimum Gasteiger partial charge on any atom is -0.441 e. The number of hydrogen-bond donors (Lipinski definition) is 0. The largest absolute Gasteiger partial charge is 0.441 e. The molecule has 6 nitrogen and oxygen atoms in total. The van der Waals surface area contributed by atoms with Crippen molar-refractivity contribution >= 4 is 17.8 Å². The van der Waals surface area contributed by atoms with Gasteiger partial charge in [-0.3, -0.25) is 10.1 Å². The quantitative estimate of drug-likeness (QED) is 0.310. The second kappa shape index (κ2) is 9.36. The molecule has 25 heavy (non-hydrogen) atoms. The van der Waals surface area contributed by atoms with Crippen molar-refractivity contribution in [1.29, 1.82) is 0 Å². The molecule has 2 aromatic carbocycles. The second-order valence-electron chi connectivity index (χ2n) is 5.02. The molecule has 0 saturated heterocycles. The predicted molar refractivity (Wildman–Crippen MR) is 96.0 cm³/mol. The van der Waals surface area contributed by atoms with Gasteiger partial charge < -0.3 is 14.2 Å². The Morgan fingerprint density at radius 1 is 0.960 bits per heavy atom. The molecule has 0 atom stereocenters. The van der Waals surface area contributed by atoms with Gasteiger partial charge in [0.2, 0.25) is 0 Å². The second-order valence-corrected chi connectivity index (χ2v) is 5.02. The van der Waals surface area contributed by atoms with E-state index in [9.17, 15) is 10.1 Å². The molecular weight excluding hydrogens is 322 g/mol. The first-order valence-electron chi connectivity index (χ1n) is 7.54. The first-order chi connectivity index (χ1) is 12.1. The summed E-state index contributed by atoms with van der Waals surface area (Å²) in [5.74, 6) is 0.634. The Morgan fingerprint density at radius 3 is 2.20 bits per heavy atom. The van der Waals surface area contributed by atoms with Crippen LogP contribution in [0.3, 0.4) is 0 Å². The van der Waals surface area contributed by atoms with Crippen LogP contribution in [-0.2, 0) is 9.47 Å². The Bertz CT molecular complexity index is 749.